The lowest BCUT2D eigenvalue weighted by molar-refractivity contribution is 0.415. The van der Waals surface area contributed by atoms with Gasteiger partial charge in [-0.05, 0) is 40.5 Å². The number of aromatic nitrogens is 1. The van der Waals surface area contributed by atoms with E-state index in [9.17, 15) is 15.2 Å². The van der Waals surface area contributed by atoms with Gasteiger partial charge in [0.25, 0.3) is 5.56 Å². The smallest absolute Gasteiger partial charge is 0.263 e. The van der Waals surface area contributed by atoms with Crippen LogP contribution in [-0.4, -0.2) is 16.8 Å². The fourth-order valence-electron chi connectivity index (χ4n) is 4.37. The summed E-state index contributed by atoms with van der Waals surface area (Å²) in [5, 5.41) is 21.1. The van der Waals surface area contributed by atoms with Gasteiger partial charge in [0, 0.05) is 11.5 Å². The van der Waals surface area contributed by atoms with Gasteiger partial charge in [0.2, 0.25) is 0 Å². The van der Waals surface area contributed by atoms with Crippen molar-refractivity contribution in [1.29, 1.82) is 5.26 Å². The number of pyridine rings is 1. The monoisotopic (exact) mass is 458 g/mol. The molecule has 0 aliphatic heterocycles. The summed E-state index contributed by atoms with van der Waals surface area (Å²) < 4.78 is 7.05. The number of benzene rings is 4. The fourth-order valence-corrected chi connectivity index (χ4v) is 4.37. The van der Waals surface area contributed by atoms with E-state index in [0.717, 1.165) is 16.7 Å². The molecule has 0 spiro atoms. The lowest BCUT2D eigenvalue weighted by Gasteiger charge is -2.16. The molecule has 4 aromatic carbocycles. The molecule has 1 aromatic heterocycles. The van der Waals surface area contributed by atoms with Gasteiger partial charge in [-0.3, -0.25) is 4.79 Å². The number of hydrogen-bond donors (Lipinski definition) is 1. The van der Waals surface area contributed by atoms with E-state index in [2.05, 4.69) is 6.07 Å². The van der Waals surface area contributed by atoms with Gasteiger partial charge >= 0.3 is 0 Å². The molecule has 5 heteroatoms. The largest absolute Gasteiger partial charge is 0.506 e. The van der Waals surface area contributed by atoms with Crippen LogP contribution in [0.2, 0.25) is 0 Å². The van der Waals surface area contributed by atoms with Gasteiger partial charge in [0.05, 0.1) is 36.4 Å². The maximum atomic E-state index is 13.7. The summed E-state index contributed by atoms with van der Waals surface area (Å²) in [7, 11) is 1.57. The lowest BCUT2D eigenvalue weighted by atomic mass is 9.99. The molecule has 0 saturated heterocycles. The Kier molecular flexibility index (Phi) is 5.78. The number of nitrogens with zero attached hydrogens (tertiary/aromatic N) is 2. The third-order valence-corrected chi connectivity index (χ3v) is 6.16. The minimum Gasteiger partial charge on any atom is -0.506 e. The van der Waals surface area contributed by atoms with Crippen molar-refractivity contribution in [2.75, 3.05) is 7.11 Å². The molecule has 0 radical (unpaired) electrons. The lowest BCUT2D eigenvalue weighted by Crippen LogP contribution is -2.23. The zero-order valence-corrected chi connectivity index (χ0v) is 19.1. The maximum Gasteiger partial charge on any atom is 0.263 e. The molecular weight excluding hydrogens is 436 g/mol. The molecule has 1 heterocycles. The minimum atomic E-state index is -0.284. The molecule has 0 aliphatic rings. The van der Waals surface area contributed by atoms with Crippen LogP contribution in [0.4, 0.5) is 0 Å². The van der Waals surface area contributed by atoms with Crippen LogP contribution in [0.15, 0.2) is 102 Å². The minimum absolute atomic E-state index is 0.0430. The molecule has 0 fully saturated rings. The van der Waals surface area contributed by atoms with Crippen LogP contribution in [-0.2, 0) is 6.54 Å². The predicted octanol–water partition coefficient (Wildman–Crippen LogP) is 5.97. The van der Waals surface area contributed by atoms with E-state index in [1.807, 2.05) is 72.8 Å². The Morgan fingerprint density at radius 3 is 2.31 bits per heavy atom. The number of aromatic hydroxyl groups is 1. The van der Waals surface area contributed by atoms with Crippen LogP contribution in [0, 0.1) is 11.3 Å². The first-order valence-electron chi connectivity index (χ1n) is 11.2. The molecule has 35 heavy (non-hydrogen) atoms. The molecular formula is C30H22N2O3. The normalized spacial score (nSPS) is 10.7. The second kappa shape index (κ2) is 9.20. The average Bonchev–Trinajstić information content (AvgIpc) is 2.91. The molecule has 0 unspecified atom stereocenters. The molecule has 5 nitrogen and oxygen atoms in total. The molecule has 0 aliphatic carbocycles. The van der Waals surface area contributed by atoms with E-state index in [0.29, 0.717) is 34.3 Å². The number of methoxy groups -OCH3 is 1. The van der Waals surface area contributed by atoms with Crippen molar-refractivity contribution < 1.29 is 9.84 Å². The Hall–Kier alpha value is -4.82. The quantitative estimate of drug-likeness (QED) is 0.352. The average molecular weight is 459 g/mol. The van der Waals surface area contributed by atoms with E-state index >= 15 is 0 Å². The Morgan fingerprint density at radius 2 is 1.60 bits per heavy atom. The van der Waals surface area contributed by atoms with Gasteiger partial charge in [-0.2, -0.15) is 5.26 Å². The van der Waals surface area contributed by atoms with Gasteiger partial charge in [-0.1, -0.05) is 72.8 Å². The van der Waals surface area contributed by atoms with Gasteiger partial charge < -0.3 is 14.4 Å². The highest BCUT2D eigenvalue weighted by Gasteiger charge is 2.19. The molecule has 5 aromatic rings. The molecule has 0 saturated carbocycles. The summed E-state index contributed by atoms with van der Waals surface area (Å²) in [5.41, 5.74) is 4.55. The molecule has 1 N–H and O–H groups in total. The Morgan fingerprint density at radius 1 is 0.886 bits per heavy atom. The highest BCUT2D eigenvalue weighted by molar-refractivity contribution is 5.93. The van der Waals surface area contributed by atoms with Gasteiger partial charge in [0.1, 0.15) is 11.5 Å². The Bertz CT molecular complexity index is 1630. The summed E-state index contributed by atoms with van der Waals surface area (Å²) >= 11 is 0. The number of nitriles is 1. The topological polar surface area (TPSA) is 75.2 Å². The van der Waals surface area contributed by atoms with Gasteiger partial charge in [0.15, 0.2) is 0 Å². The van der Waals surface area contributed by atoms with E-state index in [1.54, 1.807) is 35.9 Å². The van der Waals surface area contributed by atoms with Crippen molar-refractivity contribution in [3.05, 3.63) is 119 Å². The zero-order valence-electron chi connectivity index (χ0n) is 19.1. The summed E-state index contributed by atoms with van der Waals surface area (Å²) in [6.45, 7) is 0.308. The first kappa shape index (κ1) is 22.0. The molecule has 5 rings (SSSR count). The summed E-state index contributed by atoms with van der Waals surface area (Å²) in [6.07, 6.45) is 0. The first-order valence-corrected chi connectivity index (χ1v) is 11.2. The number of rotatable bonds is 5. The second-order valence-corrected chi connectivity index (χ2v) is 8.22. The number of fused-ring (bicyclic) bond motifs is 1. The molecule has 0 atom stereocenters. The van der Waals surface area contributed by atoms with Gasteiger partial charge in [-0.15, -0.1) is 0 Å². The third kappa shape index (κ3) is 4.03. The Labute approximate surface area is 202 Å². The van der Waals surface area contributed by atoms with E-state index in [4.69, 9.17) is 4.74 Å². The fraction of sp³-hybridized carbons (Fsp3) is 0.0667. The highest BCUT2D eigenvalue weighted by Crippen LogP contribution is 2.35. The van der Waals surface area contributed by atoms with Crippen molar-refractivity contribution in [3.8, 4) is 39.8 Å². The summed E-state index contributed by atoms with van der Waals surface area (Å²) in [4.78, 5) is 13.7. The van der Waals surface area contributed by atoms with Crippen LogP contribution >= 0.6 is 0 Å². The molecule has 170 valence electrons. The first-order chi connectivity index (χ1) is 17.1. The maximum absolute atomic E-state index is 13.7. The summed E-state index contributed by atoms with van der Waals surface area (Å²) in [6, 6.07) is 32.0. The van der Waals surface area contributed by atoms with Crippen molar-refractivity contribution >= 4 is 10.9 Å². The molecule has 0 amide bonds. The highest BCUT2D eigenvalue weighted by atomic mass is 16.5. The van der Waals surface area contributed by atoms with Crippen molar-refractivity contribution in [2.24, 2.45) is 0 Å². The van der Waals surface area contributed by atoms with E-state index in [-0.39, 0.29) is 16.9 Å². The van der Waals surface area contributed by atoms with E-state index in [1.165, 1.54) is 0 Å². The van der Waals surface area contributed by atoms with E-state index < -0.39 is 0 Å². The SMILES string of the molecule is COc1ccc2c(O)c(-c3ccccc3)c(=O)n(Cc3ccc(-c4ccccc4C#N)cc3)c2c1. The summed E-state index contributed by atoms with van der Waals surface area (Å²) in [5.74, 6) is 0.555. The molecule has 0 bridgehead atoms. The predicted molar refractivity (Wildman–Crippen MR) is 138 cm³/mol. The number of hydrogen-bond acceptors (Lipinski definition) is 4. The van der Waals surface area contributed by atoms with Crippen LogP contribution in [0.1, 0.15) is 11.1 Å². The zero-order chi connectivity index (χ0) is 24.4. The van der Waals surface area contributed by atoms with Crippen LogP contribution < -0.4 is 10.3 Å². The van der Waals surface area contributed by atoms with Crippen molar-refractivity contribution in [3.63, 3.8) is 0 Å². The van der Waals surface area contributed by atoms with Gasteiger partial charge in [-0.25, -0.2) is 0 Å². The second-order valence-electron chi connectivity index (χ2n) is 8.22. The van der Waals surface area contributed by atoms with Crippen LogP contribution in [0.25, 0.3) is 33.2 Å². The Balaban J connectivity index is 1.64. The number of ether oxygens (including phenoxy) is 1. The third-order valence-electron chi connectivity index (χ3n) is 6.16. The van der Waals surface area contributed by atoms with Crippen LogP contribution in [0.5, 0.6) is 11.5 Å². The van der Waals surface area contributed by atoms with Crippen LogP contribution in [0.3, 0.4) is 0 Å². The van der Waals surface area contributed by atoms with Crippen molar-refractivity contribution in [2.45, 2.75) is 6.54 Å². The van der Waals surface area contributed by atoms with Crippen molar-refractivity contribution in [1.82, 2.24) is 4.57 Å². The standard InChI is InChI=1S/C30H22N2O3/c1-35-24-15-16-26-27(17-24)32(30(34)28(29(26)33)22-7-3-2-4-8-22)19-20-11-13-21(14-12-20)25-10-6-5-9-23(25)18-31/h2-17,33H,19H2,1H3.